The van der Waals surface area contributed by atoms with E-state index in [4.69, 9.17) is 26.7 Å². The number of nitrogens with zero attached hydrogens (tertiary/aromatic N) is 6. The third-order valence-corrected chi connectivity index (χ3v) is 7.05. The van der Waals surface area contributed by atoms with E-state index in [1.54, 1.807) is 12.1 Å². The number of para-hydroxylation sites is 1. The van der Waals surface area contributed by atoms with Crippen LogP contribution in [0, 0.1) is 0 Å². The van der Waals surface area contributed by atoms with Crippen LogP contribution in [-0.2, 0) is 6.42 Å². The monoisotopic (exact) mass is 537 g/mol. The van der Waals surface area contributed by atoms with Crippen LogP contribution in [0.2, 0.25) is 5.02 Å². The van der Waals surface area contributed by atoms with E-state index in [1.165, 1.54) is 0 Å². The quantitative estimate of drug-likeness (QED) is 0.306. The number of rotatable bonds is 5. The van der Waals surface area contributed by atoms with E-state index in [2.05, 4.69) is 22.3 Å². The summed E-state index contributed by atoms with van der Waals surface area (Å²) in [4.78, 5) is 27.1. The highest BCUT2D eigenvalue weighted by Gasteiger charge is 2.24. The van der Waals surface area contributed by atoms with Crippen LogP contribution in [0.5, 0.6) is 0 Å². The van der Waals surface area contributed by atoms with Crippen LogP contribution in [0.25, 0.3) is 16.7 Å². The van der Waals surface area contributed by atoms with Gasteiger partial charge in [-0.1, -0.05) is 66.2 Å². The number of amides is 2. The minimum Gasteiger partial charge on any atom is -0.354 e. The van der Waals surface area contributed by atoms with E-state index in [0.717, 1.165) is 46.9 Å². The molecule has 5 aromatic rings. The molecule has 1 aliphatic heterocycles. The Morgan fingerprint density at radius 3 is 2.46 bits per heavy atom. The maximum absolute atomic E-state index is 13.0. The lowest BCUT2D eigenvalue weighted by Crippen LogP contribution is -2.38. The van der Waals surface area contributed by atoms with Gasteiger partial charge in [0.05, 0.1) is 17.3 Å². The Morgan fingerprint density at radius 2 is 1.67 bits per heavy atom. The number of urea groups is 1. The molecule has 0 saturated carbocycles. The van der Waals surface area contributed by atoms with Crippen LogP contribution < -0.4 is 10.2 Å². The summed E-state index contributed by atoms with van der Waals surface area (Å²) in [6.07, 6.45) is 3.28. The summed E-state index contributed by atoms with van der Waals surface area (Å²) >= 11 is 6.09. The fraction of sp³-hybridized carbons (Fsp3) is 0.200. The van der Waals surface area contributed by atoms with Crippen molar-refractivity contribution in [3.63, 3.8) is 0 Å². The molecule has 0 spiro atoms. The van der Waals surface area contributed by atoms with Crippen molar-refractivity contribution in [3.05, 3.63) is 108 Å². The van der Waals surface area contributed by atoms with Crippen LogP contribution in [-0.4, -0.2) is 56.9 Å². The number of aromatic nitrogens is 4. The molecule has 8 nitrogen and oxygen atoms in total. The van der Waals surface area contributed by atoms with Crippen molar-refractivity contribution in [2.75, 3.05) is 36.4 Å². The maximum atomic E-state index is 13.0. The molecule has 2 aromatic heterocycles. The number of hydrogen-bond acceptors (Lipinski definition) is 5. The van der Waals surface area contributed by atoms with E-state index < -0.39 is 0 Å². The standard InChI is InChI=1S/C30H28ClN7O/c31-23-11-7-12-24(20-23)33-30(39)37-16-8-15-36(17-18-37)28-26-21-32-38(25-13-5-2-6-14-25)29(26)35-27(34-28)19-22-9-3-1-4-10-22/h1-7,9-14,20-21H,8,15-19H2,(H,33,39). The average molecular weight is 538 g/mol. The molecule has 0 unspecified atom stereocenters. The molecule has 39 heavy (non-hydrogen) atoms. The number of fused-ring (bicyclic) bond motifs is 1. The van der Waals surface area contributed by atoms with Gasteiger partial charge >= 0.3 is 6.03 Å². The lowest BCUT2D eigenvalue weighted by molar-refractivity contribution is 0.215. The second kappa shape index (κ2) is 11.1. The van der Waals surface area contributed by atoms with Gasteiger partial charge in [0.2, 0.25) is 0 Å². The Labute approximate surface area is 231 Å². The molecule has 3 heterocycles. The molecular weight excluding hydrogens is 510 g/mol. The first kappa shape index (κ1) is 24.9. The highest BCUT2D eigenvalue weighted by molar-refractivity contribution is 6.30. The van der Waals surface area contributed by atoms with Crippen molar-refractivity contribution in [3.8, 4) is 5.69 Å². The highest BCUT2D eigenvalue weighted by atomic mass is 35.5. The van der Waals surface area contributed by atoms with Gasteiger partial charge < -0.3 is 15.1 Å². The lowest BCUT2D eigenvalue weighted by Gasteiger charge is -2.24. The third-order valence-electron chi connectivity index (χ3n) is 6.82. The zero-order valence-corrected chi connectivity index (χ0v) is 22.1. The summed E-state index contributed by atoms with van der Waals surface area (Å²) in [5, 5.41) is 9.14. The van der Waals surface area contributed by atoms with Gasteiger partial charge in [0, 0.05) is 43.3 Å². The molecule has 0 aliphatic carbocycles. The molecule has 1 N–H and O–H groups in total. The topological polar surface area (TPSA) is 79.2 Å². The van der Waals surface area contributed by atoms with Crippen LogP contribution in [0.3, 0.4) is 0 Å². The summed E-state index contributed by atoms with van der Waals surface area (Å²) in [5.74, 6) is 1.59. The Morgan fingerprint density at radius 1 is 0.872 bits per heavy atom. The lowest BCUT2D eigenvalue weighted by atomic mass is 10.1. The van der Waals surface area contributed by atoms with Gasteiger partial charge in [0.15, 0.2) is 5.65 Å². The number of carbonyl (C=O) groups excluding carboxylic acids is 1. The summed E-state index contributed by atoms with van der Waals surface area (Å²) in [6.45, 7) is 2.64. The van der Waals surface area contributed by atoms with Crippen LogP contribution in [0.4, 0.5) is 16.3 Å². The van der Waals surface area contributed by atoms with Crippen LogP contribution in [0.1, 0.15) is 17.8 Å². The normalized spacial score (nSPS) is 13.9. The van der Waals surface area contributed by atoms with Crippen LogP contribution >= 0.6 is 11.6 Å². The Balaban J connectivity index is 1.30. The molecule has 0 bridgehead atoms. The zero-order valence-electron chi connectivity index (χ0n) is 21.4. The number of nitrogens with one attached hydrogen (secondary N) is 1. The molecule has 1 saturated heterocycles. The van der Waals surface area contributed by atoms with Gasteiger partial charge in [-0.05, 0) is 42.3 Å². The number of halogens is 1. The maximum Gasteiger partial charge on any atom is 0.321 e. The van der Waals surface area contributed by atoms with Crippen LogP contribution in [0.15, 0.2) is 91.1 Å². The first-order chi connectivity index (χ1) is 19.1. The predicted molar refractivity (Wildman–Crippen MR) is 155 cm³/mol. The van der Waals surface area contributed by atoms with Gasteiger partial charge in [-0.15, -0.1) is 0 Å². The first-order valence-corrected chi connectivity index (χ1v) is 13.4. The summed E-state index contributed by atoms with van der Waals surface area (Å²) < 4.78 is 1.87. The highest BCUT2D eigenvalue weighted by Crippen LogP contribution is 2.27. The van der Waals surface area contributed by atoms with Gasteiger partial charge in [0.1, 0.15) is 11.6 Å². The summed E-state index contributed by atoms with van der Waals surface area (Å²) in [5.41, 5.74) is 3.55. The van der Waals surface area contributed by atoms with E-state index in [0.29, 0.717) is 36.8 Å². The van der Waals surface area contributed by atoms with E-state index in [9.17, 15) is 4.79 Å². The first-order valence-electron chi connectivity index (χ1n) is 13.0. The molecule has 3 aromatic carbocycles. The van der Waals surface area contributed by atoms with Gasteiger partial charge in [-0.25, -0.2) is 19.4 Å². The van der Waals surface area contributed by atoms with E-state index >= 15 is 0 Å². The molecule has 1 aliphatic rings. The third kappa shape index (κ3) is 5.56. The van der Waals surface area contributed by atoms with Gasteiger partial charge in [-0.2, -0.15) is 5.10 Å². The Bertz CT molecular complexity index is 1590. The minimum atomic E-state index is -0.131. The second-order valence-corrected chi connectivity index (χ2v) is 9.96. The molecular formula is C30H28ClN7O. The molecule has 9 heteroatoms. The molecule has 6 rings (SSSR count). The van der Waals surface area contributed by atoms with Crippen molar-refractivity contribution in [2.45, 2.75) is 12.8 Å². The zero-order chi connectivity index (χ0) is 26.6. The van der Waals surface area contributed by atoms with Crippen molar-refractivity contribution < 1.29 is 4.79 Å². The summed E-state index contributed by atoms with van der Waals surface area (Å²) in [7, 11) is 0. The predicted octanol–water partition coefficient (Wildman–Crippen LogP) is 5.80. The van der Waals surface area contributed by atoms with Gasteiger partial charge in [0.25, 0.3) is 0 Å². The number of carbonyl (C=O) groups is 1. The Hall–Kier alpha value is -4.43. The molecule has 0 radical (unpaired) electrons. The second-order valence-electron chi connectivity index (χ2n) is 9.52. The SMILES string of the molecule is O=C(Nc1cccc(Cl)c1)N1CCCN(c2nc(Cc3ccccc3)nc3c2cnn3-c2ccccc2)CC1. The van der Waals surface area contributed by atoms with E-state index in [1.807, 2.05) is 76.4 Å². The van der Waals surface area contributed by atoms with Gasteiger partial charge in [-0.3, -0.25) is 0 Å². The summed E-state index contributed by atoms with van der Waals surface area (Å²) in [6, 6.07) is 27.3. The minimum absolute atomic E-state index is 0.131. The smallest absolute Gasteiger partial charge is 0.321 e. The number of hydrogen-bond donors (Lipinski definition) is 1. The molecule has 1 fully saturated rings. The number of anilines is 2. The van der Waals surface area contributed by atoms with E-state index in [-0.39, 0.29) is 6.03 Å². The van der Waals surface area contributed by atoms with Crippen molar-refractivity contribution in [1.82, 2.24) is 24.6 Å². The van der Waals surface area contributed by atoms with Crippen molar-refractivity contribution in [1.29, 1.82) is 0 Å². The fourth-order valence-electron chi connectivity index (χ4n) is 4.89. The Kier molecular flexibility index (Phi) is 7.10. The molecule has 0 atom stereocenters. The molecule has 196 valence electrons. The number of benzene rings is 3. The largest absolute Gasteiger partial charge is 0.354 e. The van der Waals surface area contributed by atoms with Crippen molar-refractivity contribution >= 4 is 40.2 Å². The van der Waals surface area contributed by atoms with Crippen molar-refractivity contribution in [2.24, 2.45) is 0 Å². The molecule has 2 amide bonds. The average Bonchev–Trinajstić information content (AvgIpc) is 3.22. The fourth-order valence-corrected chi connectivity index (χ4v) is 5.09.